The molecule has 1 aromatic carbocycles. The van der Waals surface area contributed by atoms with Crippen LogP contribution in [0, 0.1) is 6.92 Å². The summed E-state index contributed by atoms with van der Waals surface area (Å²) < 4.78 is 5.18. The third-order valence-corrected chi connectivity index (χ3v) is 2.30. The maximum Gasteiger partial charge on any atom is 0.122 e. The monoisotopic (exact) mass is 195 g/mol. The Hall–Kier alpha value is -1.06. The van der Waals surface area contributed by atoms with E-state index in [9.17, 15) is 5.11 Å². The minimum absolute atomic E-state index is 0.477. The predicted octanol–water partition coefficient (Wildman–Crippen LogP) is 1.26. The minimum Gasteiger partial charge on any atom is -0.496 e. The average Bonchev–Trinajstić information content (AvgIpc) is 2.18. The summed E-state index contributed by atoms with van der Waals surface area (Å²) in [6.07, 6.45) is -0.477. The van der Waals surface area contributed by atoms with Crippen molar-refractivity contribution in [3.05, 3.63) is 29.3 Å². The molecule has 0 spiro atoms. The topological polar surface area (TPSA) is 41.5 Å². The molecule has 1 atom stereocenters. The molecule has 2 N–H and O–H groups in total. The highest BCUT2D eigenvalue weighted by atomic mass is 16.5. The van der Waals surface area contributed by atoms with Gasteiger partial charge in [0.1, 0.15) is 5.75 Å². The van der Waals surface area contributed by atoms with Crippen molar-refractivity contribution in [3.63, 3.8) is 0 Å². The fraction of sp³-hybridized carbons (Fsp3) is 0.455. The molecule has 3 heteroatoms. The Kier molecular flexibility index (Phi) is 3.92. The molecule has 14 heavy (non-hydrogen) atoms. The molecule has 0 aliphatic rings. The first-order valence-corrected chi connectivity index (χ1v) is 4.67. The molecule has 1 aromatic rings. The molecule has 0 fully saturated rings. The van der Waals surface area contributed by atoms with Crippen molar-refractivity contribution in [2.45, 2.75) is 13.0 Å². The molecule has 0 aromatic heterocycles. The number of hydrogen-bond acceptors (Lipinski definition) is 3. The smallest absolute Gasteiger partial charge is 0.122 e. The van der Waals surface area contributed by atoms with E-state index < -0.39 is 6.10 Å². The molecule has 0 bridgehead atoms. The first-order chi connectivity index (χ1) is 6.70. The minimum atomic E-state index is -0.477. The Morgan fingerprint density at radius 1 is 1.50 bits per heavy atom. The predicted molar refractivity (Wildman–Crippen MR) is 56.6 cm³/mol. The van der Waals surface area contributed by atoms with Crippen LogP contribution in [0.5, 0.6) is 5.75 Å². The molecule has 1 unspecified atom stereocenters. The van der Waals surface area contributed by atoms with E-state index in [0.29, 0.717) is 6.54 Å². The molecule has 78 valence electrons. The van der Waals surface area contributed by atoms with Crippen LogP contribution in [0.15, 0.2) is 18.2 Å². The number of hydrogen-bond donors (Lipinski definition) is 2. The van der Waals surface area contributed by atoms with Gasteiger partial charge in [-0.2, -0.15) is 0 Å². The van der Waals surface area contributed by atoms with Gasteiger partial charge in [0.05, 0.1) is 13.2 Å². The lowest BCUT2D eigenvalue weighted by Gasteiger charge is -2.15. The van der Waals surface area contributed by atoms with E-state index in [1.165, 1.54) is 0 Å². The van der Waals surface area contributed by atoms with E-state index in [1.54, 1.807) is 7.11 Å². The molecule has 0 aliphatic heterocycles. The summed E-state index contributed by atoms with van der Waals surface area (Å²) in [6.45, 7) is 2.50. The van der Waals surface area contributed by atoms with Crippen molar-refractivity contribution in [2.24, 2.45) is 0 Å². The van der Waals surface area contributed by atoms with Gasteiger partial charge >= 0.3 is 0 Å². The van der Waals surface area contributed by atoms with Crippen LogP contribution in [0.3, 0.4) is 0 Å². The molecule has 3 nitrogen and oxygen atoms in total. The molecule has 0 amide bonds. The van der Waals surface area contributed by atoms with E-state index in [1.807, 2.05) is 32.2 Å². The maximum absolute atomic E-state index is 9.80. The standard InChI is InChI=1S/C11H17NO2/c1-8-9(10(13)7-12-2)5-4-6-11(8)14-3/h4-6,10,12-13H,7H2,1-3H3. The van der Waals surface area contributed by atoms with Crippen LogP contribution in [0.2, 0.25) is 0 Å². The highest BCUT2D eigenvalue weighted by Crippen LogP contribution is 2.25. The Morgan fingerprint density at radius 3 is 2.79 bits per heavy atom. The summed E-state index contributed by atoms with van der Waals surface area (Å²) in [4.78, 5) is 0. The summed E-state index contributed by atoms with van der Waals surface area (Å²) in [5.74, 6) is 0.817. The number of ether oxygens (including phenoxy) is 1. The fourth-order valence-electron chi connectivity index (χ4n) is 1.52. The zero-order valence-corrected chi connectivity index (χ0v) is 8.87. The van der Waals surface area contributed by atoms with Crippen LogP contribution >= 0.6 is 0 Å². The summed E-state index contributed by atoms with van der Waals surface area (Å²) >= 11 is 0. The molecule has 0 heterocycles. The number of methoxy groups -OCH3 is 1. The van der Waals surface area contributed by atoms with Crippen LogP contribution in [0.4, 0.5) is 0 Å². The summed E-state index contributed by atoms with van der Waals surface area (Å²) in [5.41, 5.74) is 1.91. The second kappa shape index (κ2) is 4.98. The van der Waals surface area contributed by atoms with Gasteiger partial charge in [0, 0.05) is 6.54 Å². The van der Waals surface area contributed by atoms with E-state index in [2.05, 4.69) is 5.32 Å². The number of aliphatic hydroxyl groups excluding tert-OH is 1. The number of benzene rings is 1. The summed E-state index contributed by atoms with van der Waals surface area (Å²) in [5, 5.41) is 12.7. The Bertz CT molecular complexity index is 299. The van der Waals surface area contributed by atoms with Crippen molar-refractivity contribution < 1.29 is 9.84 Å². The van der Waals surface area contributed by atoms with Gasteiger partial charge in [-0.05, 0) is 31.2 Å². The van der Waals surface area contributed by atoms with E-state index in [4.69, 9.17) is 4.74 Å². The van der Waals surface area contributed by atoms with Crippen molar-refractivity contribution in [3.8, 4) is 5.75 Å². The largest absolute Gasteiger partial charge is 0.496 e. The summed E-state index contributed by atoms with van der Waals surface area (Å²) in [7, 11) is 3.45. The third-order valence-electron chi connectivity index (χ3n) is 2.30. The van der Waals surface area contributed by atoms with Gasteiger partial charge in [-0.1, -0.05) is 12.1 Å². The van der Waals surface area contributed by atoms with E-state index >= 15 is 0 Å². The molecule has 0 saturated heterocycles. The Balaban J connectivity index is 2.96. The molecule has 0 aliphatic carbocycles. The normalized spacial score (nSPS) is 12.6. The lowest BCUT2D eigenvalue weighted by Crippen LogP contribution is -2.17. The van der Waals surface area contributed by atoms with Crippen molar-refractivity contribution in [1.29, 1.82) is 0 Å². The molecule has 1 rings (SSSR count). The van der Waals surface area contributed by atoms with Gasteiger partial charge in [0.2, 0.25) is 0 Å². The number of nitrogens with one attached hydrogen (secondary N) is 1. The lowest BCUT2D eigenvalue weighted by molar-refractivity contribution is 0.176. The van der Waals surface area contributed by atoms with Gasteiger partial charge < -0.3 is 15.2 Å². The zero-order valence-electron chi connectivity index (χ0n) is 8.87. The quantitative estimate of drug-likeness (QED) is 0.760. The highest BCUT2D eigenvalue weighted by Gasteiger charge is 2.11. The van der Waals surface area contributed by atoms with Gasteiger partial charge in [0.15, 0.2) is 0 Å². The molecular weight excluding hydrogens is 178 g/mol. The molecule has 0 saturated carbocycles. The van der Waals surface area contributed by atoms with Gasteiger partial charge in [0.25, 0.3) is 0 Å². The zero-order chi connectivity index (χ0) is 10.6. The van der Waals surface area contributed by atoms with Crippen LogP contribution in [-0.4, -0.2) is 25.8 Å². The van der Waals surface area contributed by atoms with Gasteiger partial charge in [-0.3, -0.25) is 0 Å². The lowest BCUT2D eigenvalue weighted by atomic mass is 10.0. The number of rotatable bonds is 4. The second-order valence-corrected chi connectivity index (χ2v) is 3.25. The van der Waals surface area contributed by atoms with Crippen LogP contribution in [0.1, 0.15) is 17.2 Å². The van der Waals surface area contributed by atoms with Crippen LogP contribution in [0.25, 0.3) is 0 Å². The first-order valence-electron chi connectivity index (χ1n) is 4.67. The average molecular weight is 195 g/mol. The van der Waals surface area contributed by atoms with Crippen LogP contribution in [-0.2, 0) is 0 Å². The van der Waals surface area contributed by atoms with Crippen molar-refractivity contribution >= 4 is 0 Å². The van der Waals surface area contributed by atoms with Gasteiger partial charge in [-0.25, -0.2) is 0 Å². The Labute approximate surface area is 84.7 Å². The van der Waals surface area contributed by atoms with Crippen LogP contribution < -0.4 is 10.1 Å². The second-order valence-electron chi connectivity index (χ2n) is 3.25. The number of likely N-dealkylation sites (N-methyl/N-ethyl adjacent to an activating group) is 1. The maximum atomic E-state index is 9.80. The SMILES string of the molecule is CNCC(O)c1cccc(OC)c1C. The summed E-state index contributed by atoms with van der Waals surface area (Å²) in [6, 6.07) is 5.70. The van der Waals surface area contributed by atoms with E-state index in [-0.39, 0.29) is 0 Å². The fourth-order valence-corrected chi connectivity index (χ4v) is 1.52. The van der Waals surface area contributed by atoms with E-state index in [0.717, 1.165) is 16.9 Å². The van der Waals surface area contributed by atoms with Crippen molar-refractivity contribution in [1.82, 2.24) is 5.32 Å². The number of aliphatic hydroxyl groups is 1. The first kappa shape index (κ1) is 11.0. The third kappa shape index (κ3) is 2.25. The molecular formula is C11H17NO2. The molecule has 0 radical (unpaired) electrons. The highest BCUT2D eigenvalue weighted by molar-refractivity contribution is 5.40. The van der Waals surface area contributed by atoms with Gasteiger partial charge in [-0.15, -0.1) is 0 Å². The van der Waals surface area contributed by atoms with Crippen molar-refractivity contribution in [2.75, 3.05) is 20.7 Å². The Morgan fingerprint density at radius 2 is 2.21 bits per heavy atom.